The average molecular weight is 396 g/mol. The van der Waals surface area contributed by atoms with E-state index in [9.17, 15) is 4.79 Å². The molecule has 2 saturated heterocycles. The lowest BCUT2D eigenvalue weighted by Crippen LogP contribution is -2.25. The predicted octanol–water partition coefficient (Wildman–Crippen LogP) is 2.11. The number of nitrogen functional groups attached to an aromatic ring is 1. The van der Waals surface area contributed by atoms with Crippen LogP contribution in [0.2, 0.25) is 0 Å². The van der Waals surface area contributed by atoms with Crippen molar-refractivity contribution in [3.8, 4) is 11.3 Å². The van der Waals surface area contributed by atoms with Gasteiger partial charge in [0.1, 0.15) is 11.6 Å². The van der Waals surface area contributed by atoms with Gasteiger partial charge in [-0.05, 0) is 49.9 Å². The van der Waals surface area contributed by atoms with Gasteiger partial charge in [0.2, 0.25) is 5.91 Å². The lowest BCUT2D eigenvalue weighted by molar-refractivity contribution is -0.119. The molecular weight excluding hydrogens is 368 g/mol. The van der Waals surface area contributed by atoms with Crippen LogP contribution in [0, 0.1) is 11.8 Å². The summed E-state index contributed by atoms with van der Waals surface area (Å²) in [6.45, 7) is 4.12. The van der Waals surface area contributed by atoms with E-state index in [4.69, 9.17) is 15.5 Å². The summed E-state index contributed by atoms with van der Waals surface area (Å²) in [6, 6.07) is 7.62. The zero-order valence-corrected chi connectivity index (χ0v) is 16.5. The number of hydrogen-bond acceptors (Lipinski definition) is 7. The van der Waals surface area contributed by atoms with E-state index in [1.807, 2.05) is 18.2 Å². The van der Waals surface area contributed by atoms with Crippen LogP contribution < -0.4 is 21.7 Å². The maximum absolute atomic E-state index is 12.4. The first-order valence-electron chi connectivity index (χ1n) is 10.2. The zero-order chi connectivity index (χ0) is 20.1. The van der Waals surface area contributed by atoms with Crippen molar-refractivity contribution >= 4 is 23.2 Å². The molecule has 8 nitrogen and oxygen atoms in total. The molecule has 2 aliphatic heterocycles. The fourth-order valence-electron chi connectivity index (χ4n) is 3.75. The molecule has 4 rings (SSSR count). The van der Waals surface area contributed by atoms with E-state index < -0.39 is 0 Å². The van der Waals surface area contributed by atoms with Crippen LogP contribution in [0.1, 0.15) is 19.3 Å². The van der Waals surface area contributed by atoms with Gasteiger partial charge in [-0.25, -0.2) is 9.97 Å². The van der Waals surface area contributed by atoms with E-state index >= 15 is 0 Å². The number of nitrogens with zero attached hydrogens (tertiary/aromatic N) is 2. The maximum Gasteiger partial charge on any atom is 0.229 e. The van der Waals surface area contributed by atoms with E-state index in [1.165, 1.54) is 0 Å². The Kier molecular flexibility index (Phi) is 6.21. The molecule has 154 valence electrons. The number of carbonyl (C=O) groups is 1. The van der Waals surface area contributed by atoms with Gasteiger partial charge in [-0.3, -0.25) is 4.79 Å². The minimum absolute atomic E-state index is 0.0157. The first-order chi connectivity index (χ1) is 14.2. The van der Waals surface area contributed by atoms with E-state index in [1.54, 1.807) is 12.3 Å². The van der Waals surface area contributed by atoms with Crippen molar-refractivity contribution in [1.82, 2.24) is 15.3 Å². The third-order valence-corrected chi connectivity index (χ3v) is 5.55. The number of anilines is 3. The van der Waals surface area contributed by atoms with E-state index in [0.717, 1.165) is 62.6 Å². The summed E-state index contributed by atoms with van der Waals surface area (Å²) < 4.78 is 5.42. The highest BCUT2D eigenvalue weighted by Gasteiger charge is 2.23. The standard InChI is InChI=1S/C21H28N6O2/c22-17-13-25-20(27-21(28)15-4-7-23-12-15)10-16(17)18-2-1-3-19(26-18)24-11-14-5-8-29-9-6-14/h1-3,10,13-15,23H,4-9,11-12,22H2,(H,24,26)(H,25,27,28). The van der Waals surface area contributed by atoms with Crippen LogP contribution in [-0.4, -0.2) is 48.7 Å². The van der Waals surface area contributed by atoms with Gasteiger partial charge in [-0.1, -0.05) is 6.07 Å². The molecule has 4 heterocycles. The van der Waals surface area contributed by atoms with Gasteiger partial charge in [0.25, 0.3) is 0 Å². The molecule has 2 aromatic rings. The lowest BCUT2D eigenvalue weighted by Gasteiger charge is -2.22. The third-order valence-electron chi connectivity index (χ3n) is 5.55. The summed E-state index contributed by atoms with van der Waals surface area (Å²) in [5.74, 6) is 1.88. The Labute approximate surface area is 170 Å². The third kappa shape index (κ3) is 5.02. The van der Waals surface area contributed by atoms with Crippen LogP contribution >= 0.6 is 0 Å². The highest BCUT2D eigenvalue weighted by molar-refractivity contribution is 5.93. The van der Waals surface area contributed by atoms with E-state index in [2.05, 4.69) is 20.9 Å². The molecule has 0 spiro atoms. The van der Waals surface area contributed by atoms with Crippen molar-refractivity contribution in [2.45, 2.75) is 19.3 Å². The van der Waals surface area contributed by atoms with Crippen molar-refractivity contribution in [1.29, 1.82) is 0 Å². The Morgan fingerprint density at radius 1 is 1.24 bits per heavy atom. The fourth-order valence-corrected chi connectivity index (χ4v) is 3.75. The number of carbonyl (C=O) groups excluding carboxylic acids is 1. The first-order valence-corrected chi connectivity index (χ1v) is 10.2. The summed E-state index contributed by atoms with van der Waals surface area (Å²) >= 11 is 0. The summed E-state index contributed by atoms with van der Waals surface area (Å²) in [4.78, 5) is 21.4. The van der Waals surface area contributed by atoms with Crippen LogP contribution in [0.3, 0.4) is 0 Å². The molecule has 2 fully saturated rings. The highest BCUT2D eigenvalue weighted by atomic mass is 16.5. The zero-order valence-electron chi connectivity index (χ0n) is 16.5. The molecule has 1 unspecified atom stereocenters. The minimum Gasteiger partial charge on any atom is -0.397 e. The van der Waals surface area contributed by atoms with Crippen molar-refractivity contribution in [2.75, 3.05) is 49.2 Å². The Balaban J connectivity index is 1.46. The second kappa shape index (κ2) is 9.19. The van der Waals surface area contributed by atoms with Gasteiger partial charge in [0.05, 0.1) is 23.5 Å². The molecular formula is C21H28N6O2. The van der Waals surface area contributed by atoms with Gasteiger partial charge < -0.3 is 26.4 Å². The Morgan fingerprint density at radius 2 is 2.10 bits per heavy atom. The van der Waals surface area contributed by atoms with Crippen molar-refractivity contribution < 1.29 is 9.53 Å². The van der Waals surface area contributed by atoms with E-state index in [0.29, 0.717) is 24.0 Å². The van der Waals surface area contributed by atoms with Crippen molar-refractivity contribution in [3.63, 3.8) is 0 Å². The maximum atomic E-state index is 12.4. The predicted molar refractivity (Wildman–Crippen MR) is 114 cm³/mol. The molecule has 2 aliphatic rings. The highest BCUT2D eigenvalue weighted by Crippen LogP contribution is 2.27. The second-order valence-electron chi connectivity index (χ2n) is 7.68. The molecule has 0 aliphatic carbocycles. The van der Waals surface area contributed by atoms with Gasteiger partial charge >= 0.3 is 0 Å². The van der Waals surface area contributed by atoms with Gasteiger partial charge in [-0.15, -0.1) is 0 Å². The second-order valence-corrected chi connectivity index (χ2v) is 7.68. The topological polar surface area (TPSA) is 114 Å². The summed E-state index contributed by atoms with van der Waals surface area (Å²) in [6.07, 6.45) is 4.56. The van der Waals surface area contributed by atoms with Crippen LogP contribution in [0.5, 0.6) is 0 Å². The molecule has 2 aromatic heterocycles. The molecule has 29 heavy (non-hydrogen) atoms. The Bertz CT molecular complexity index is 847. The van der Waals surface area contributed by atoms with Gasteiger partial charge in [-0.2, -0.15) is 0 Å². The SMILES string of the molecule is Nc1cnc(NC(=O)C2CCNC2)cc1-c1cccc(NCC2CCOCC2)n1. The molecule has 1 atom stereocenters. The fraction of sp³-hybridized carbons (Fsp3) is 0.476. The lowest BCUT2D eigenvalue weighted by atomic mass is 10.0. The monoisotopic (exact) mass is 396 g/mol. The van der Waals surface area contributed by atoms with Crippen LogP contribution in [0.4, 0.5) is 17.3 Å². The Hall–Kier alpha value is -2.71. The number of rotatable bonds is 6. The van der Waals surface area contributed by atoms with Crippen LogP contribution in [0.15, 0.2) is 30.5 Å². The molecule has 1 amide bonds. The Morgan fingerprint density at radius 3 is 2.90 bits per heavy atom. The number of pyridine rings is 2. The minimum atomic E-state index is -0.0198. The number of amides is 1. The van der Waals surface area contributed by atoms with Gasteiger partial charge in [0.15, 0.2) is 0 Å². The van der Waals surface area contributed by atoms with Gasteiger partial charge in [0, 0.05) is 31.9 Å². The first kappa shape index (κ1) is 19.6. The largest absolute Gasteiger partial charge is 0.397 e. The smallest absolute Gasteiger partial charge is 0.229 e. The number of nitrogens with two attached hydrogens (primary N) is 1. The van der Waals surface area contributed by atoms with Crippen molar-refractivity contribution in [3.05, 3.63) is 30.5 Å². The van der Waals surface area contributed by atoms with Crippen molar-refractivity contribution in [2.24, 2.45) is 11.8 Å². The normalized spacial score (nSPS) is 19.8. The number of hydrogen-bond donors (Lipinski definition) is 4. The van der Waals surface area contributed by atoms with E-state index in [-0.39, 0.29) is 11.8 Å². The van der Waals surface area contributed by atoms with Crippen LogP contribution in [-0.2, 0) is 9.53 Å². The molecule has 0 bridgehead atoms. The quantitative estimate of drug-likeness (QED) is 0.591. The van der Waals surface area contributed by atoms with Crippen LogP contribution in [0.25, 0.3) is 11.3 Å². The number of nitrogens with one attached hydrogen (secondary N) is 3. The molecule has 0 aromatic carbocycles. The molecule has 5 N–H and O–H groups in total. The molecule has 0 radical (unpaired) electrons. The molecule has 0 saturated carbocycles. The average Bonchev–Trinajstić information content (AvgIpc) is 3.30. The summed E-state index contributed by atoms with van der Waals surface area (Å²) in [5, 5.41) is 9.53. The number of ether oxygens (including phenoxy) is 1. The summed E-state index contributed by atoms with van der Waals surface area (Å²) in [7, 11) is 0. The molecule has 8 heteroatoms. The number of aromatic nitrogens is 2. The summed E-state index contributed by atoms with van der Waals surface area (Å²) in [5.41, 5.74) is 8.19.